The Balaban J connectivity index is 1.74. The van der Waals surface area contributed by atoms with Crippen molar-refractivity contribution in [1.82, 2.24) is 5.01 Å². The molecule has 0 unspecified atom stereocenters. The molecule has 1 amide bonds. The smallest absolute Gasteiger partial charge is 0.310 e. The van der Waals surface area contributed by atoms with Crippen LogP contribution < -0.4 is 9.47 Å². The minimum atomic E-state index is -0.357. The average molecular weight is 366 g/mol. The number of ether oxygens (including phenoxy) is 2. The second-order valence-electron chi connectivity index (χ2n) is 6.01. The Hall–Kier alpha value is -3.48. The number of hydrazone groups is 1. The van der Waals surface area contributed by atoms with Gasteiger partial charge in [-0.1, -0.05) is 0 Å². The van der Waals surface area contributed by atoms with Gasteiger partial charge in [0.1, 0.15) is 23.3 Å². The first kappa shape index (κ1) is 17.0. The molecule has 3 aromatic rings. The van der Waals surface area contributed by atoms with Crippen LogP contribution in [-0.4, -0.2) is 30.8 Å². The van der Waals surface area contributed by atoms with E-state index in [4.69, 9.17) is 18.3 Å². The highest BCUT2D eigenvalue weighted by molar-refractivity contribution is 6.05. The van der Waals surface area contributed by atoms with Crippen molar-refractivity contribution in [3.63, 3.8) is 0 Å². The third kappa shape index (κ3) is 3.19. The topological polar surface area (TPSA) is 77.4 Å². The van der Waals surface area contributed by atoms with Crippen LogP contribution in [0.4, 0.5) is 0 Å². The zero-order valence-electron chi connectivity index (χ0n) is 14.9. The average Bonchev–Trinajstić information content (AvgIpc) is 3.47. The van der Waals surface area contributed by atoms with Crippen molar-refractivity contribution in [2.45, 2.75) is 12.5 Å². The van der Waals surface area contributed by atoms with Gasteiger partial charge >= 0.3 is 5.91 Å². The quantitative estimate of drug-likeness (QED) is 0.685. The molecule has 2 aromatic heterocycles. The number of nitrogens with zero attached hydrogens (tertiary/aromatic N) is 2. The number of amides is 1. The van der Waals surface area contributed by atoms with E-state index in [1.807, 2.05) is 18.2 Å². The van der Waals surface area contributed by atoms with Crippen molar-refractivity contribution in [1.29, 1.82) is 0 Å². The van der Waals surface area contributed by atoms with Gasteiger partial charge in [-0.3, -0.25) is 4.79 Å². The van der Waals surface area contributed by atoms with Crippen molar-refractivity contribution in [3.8, 4) is 11.5 Å². The second kappa shape index (κ2) is 7.03. The van der Waals surface area contributed by atoms with Crippen LogP contribution >= 0.6 is 0 Å². The Bertz CT molecular complexity index is 938. The summed E-state index contributed by atoms with van der Waals surface area (Å²) in [5.74, 6) is 1.85. The summed E-state index contributed by atoms with van der Waals surface area (Å²) in [4.78, 5) is 12.9. The van der Waals surface area contributed by atoms with Crippen molar-refractivity contribution in [2.24, 2.45) is 5.10 Å². The summed E-state index contributed by atoms with van der Waals surface area (Å²) in [6, 6.07) is 12.1. The number of furan rings is 2. The van der Waals surface area contributed by atoms with Crippen molar-refractivity contribution >= 4 is 11.6 Å². The molecule has 0 aliphatic carbocycles. The molecule has 7 heteroatoms. The maximum atomic E-state index is 12.9. The Labute approximate surface area is 155 Å². The first-order chi connectivity index (χ1) is 13.2. The van der Waals surface area contributed by atoms with E-state index in [2.05, 4.69) is 5.10 Å². The maximum Gasteiger partial charge on any atom is 0.310 e. The molecule has 7 nitrogen and oxygen atoms in total. The van der Waals surface area contributed by atoms with E-state index >= 15 is 0 Å². The van der Waals surface area contributed by atoms with Gasteiger partial charge in [0.2, 0.25) is 0 Å². The normalized spacial score (nSPS) is 16.3. The van der Waals surface area contributed by atoms with Crippen LogP contribution in [0.2, 0.25) is 0 Å². The number of hydrogen-bond donors (Lipinski definition) is 0. The van der Waals surface area contributed by atoms with Gasteiger partial charge in [0.15, 0.2) is 5.76 Å². The SMILES string of the molecule is COc1cc(OC)cc(C2=NN(C(=O)c3ccco3)[C@H](c3ccco3)C2)c1. The lowest BCUT2D eigenvalue weighted by Gasteiger charge is -2.18. The van der Waals surface area contributed by atoms with Crippen LogP contribution in [0.15, 0.2) is 68.9 Å². The van der Waals surface area contributed by atoms with Gasteiger partial charge in [-0.15, -0.1) is 0 Å². The minimum absolute atomic E-state index is 0.222. The lowest BCUT2D eigenvalue weighted by molar-refractivity contribution is 0.0660. The number of carbonyl (C=O) groups excluding carboxylic acids is 1. The molecule has 3 heterocycles. The number of benzene rings is 1. The molecule has 27 heavy (non-hydrogen) atoms. The molecule has 0 N–H and O–H groups in total. The van der Waals surface area contributed by atoms with Crippen LogP contribution in [0.3, 0.4) is 0 Å². The Morgan fingerprint density at radius 3 is 2.37 bits per heavy atom. The molecule has 1 aliphatic rings. The number of methoxy groups -OCH3 is 2. The van der Waals surface area contributed by atoms with E-state index in [0.717, 1.165) is 11.3 Å². The molecule has 0 saturated carbocycles. The highest BCUT2D eigenvalue weighted by Gasteiger charge is 2.36. The number of hydrogen-bond acceptors (Lipinski definition) is 6. The summed E-state index contributed by atoms with van der Waals surface area (Å²) in [5, 5.41) is 5.97. The zero-order chi connectivity index (χ0) is 18.8. The van der Waals surface area contributed by atoms with Gasteiger partial charge < -0.3 is 18.3 Å². The van der Waals surface area contributed by atoms with Crippen molar-refractivity contribution < 1.29 is 23.1 Å². The van der Waals surface area contributed by atoms with E-state index in [1.54, 1.807) is 44.7 Å². The highest BCUT2D eigenvalue weighted by Crippen LogP contribution is 2.35. The fourth-order valence-corrected chi connectivity index (χ4v) is 3.06. The Kier molecular flexibility index (Phi) is 4.42. The molecule has 0 bridgehead atoms. The van der Waals surface area contributed by atoms with Crippen LogP contribution in [0.1, 0.15) is 34.3 Å². The van der Waals surface area contributed by atoms with Gasteiger partial charge in [0, 0.05) is 18.1 Å². The summed E-state index contributed by atoms with van der Waals surface area (Å²) in [5.41, 5.74) is 1.55. The van der Waals surface area contributed by atoms with Crippen LogP contribution in [0.5, 0.6) is 11.5 Å². The largest absolute Gasteiger partial charge is 0.497 e. The van der Waals surface area contributed by atoms with Crippen LogP contribution in [0, 0.1) is 0 Å². The second-order valence-corrected chi connectivity index (χ2v) is 6.01. The van der Waals surface area contributed by atoms with E-state index in [-0.39, 0.29) is 17.7 Å². The minimum Gasteiger partial charge on any atom is -0.497 e. The highest BCUT2D eigenvalue weighted by atomic mass is 16.5. The number of rotatable bonds is 5. The number of carbonyl (C=O) groups is 1. The predicted octanol–water partition coefficient (Wildman–Crippen LogP) is 3.88. The van der Waals surface area contributed by atoms with Gasteiger partial charge in [-0.05, 0) is 36.4 Å². The monoisotopic (exact) mass is 366 g/mol. The molecule has 1 aromatic carbocycles. The van der Waals surface area contributed by atoms with Crippen molar-refractivity contribution in [2.75, 3.05) is 14.2 Å². The first-order valence-electron chi connectivity index (χ1n) is 8.41. The van der Waals surface area contributed by atoms with Gasteiger partial charge in [-0.2, -0.15) is 5.10 Å². The molecular formula is C20H18N2O5. The molecule has 1 atom stereocenters. The first-order valence-corrected chi connectivity index (χ1v) is 8.41. The van der Waals surface area contributed by atoms with E-state index < -0.39 is 0 Å². The molecule has 0 spiro atoms. The molecular weight excluding hydrogens is 348 g/mol. The standard InChI is InChI=1S/C20H18N2O5/c1-24-14-9-13(10-15(11-14)25-2)16-12-17(18-5-3-7-26-18)22(21-16)20(23)19-6-4-8-27-19/h3-11,17H,12H2,1-2H3/t17-/m0/s1. The summed E-state index contributed by atoms with van der Waals surface area (Å²) in [6.07, 6.45) is 3.54. The van der Waals surface area contributed by atoms with Gasteiger partial charge in [-0.25, -0.2) is 5.01 Å². The lowest BCUT2D eigenvalue weighted by atomic mass is 10.0. The molecule has 138 valence electrons. The summed E-state index contributed by atoms with van der Waals surface area (Å²) < 4.78 is 21.5. The summed E-state index contributed by atoms with van der Waals surface area (Å²) in [7, 11) is 3.18. The maximum absolute atomic E-state index is 12.9. The molecule has 0 saturated heterocycles. The van der Waals surface area contributed by atoms with Gasteiger partial charge in [0.25, 0.3) is 0 Å². The Morgan fingerprint density at radius 2 is 1.78 bits per heavy atom. The van der Waals surface area contributed by atoms with Crippen LogP contribution in [0.25, 0.3) is 0 Å². The van der Waals surface area contributed by atoms with Gasteiger partial charge in [0.05, 0.1) is 32.5 Å². The Morgan fingerprint density at radius 1 is 1.07 bits per heavy atom. The fraction of sp³-hybridized carbons (Fsp3) is 0.200. The zero-order valence-corrected chi connectivity index (χ0v) is 14.9. The van der Waals surface area contributed by atoms with E-state index in [0.29, 0.717) is 23.7 Å². The third-order valence-electron chi connectivity index (χ3n) is 4.41. The van der Waals surface area contributed by atoms with E-state index in [1.165, 1.54) is 11.3 Å². The fourth-order valence-electron chi connectivity index (χ4n) is 3.06. The predicted molar refractivity (Wildman–Crippen MR) is 97.0 cm³/mol. The summed E-state index contributed by atoms with van der Waals surface area (Å²) >= 11 is 0. The van der Waals surface area contributed by atoms with Crippen molar-refractivity contribution in [3.05, 3.63) is 72.1 Å². The molecule has 0 radical (unpaired) electrons. The molecule has 1 aliphatic heterocycles. The third-order valence-corrected chi connectivity index (χ3v) is 4.41. The lowest BCUT2D eigenvalue weighted by Crippen LogP contribution is -2.26. The summed E-state index contributed by atoms with van der Waals surface area (Å²) in [6.45, 7) is 0. The van der Waals surface area contributed by atoms with E-state index in [9.17, 15) is 4.79 Å². The molecule has 4 rings (SSSR count). The molecule has 0 fully saturated rings. The van der Waals surface area contributed by atoms with Crippen LogP contribution in [-0.2, 0) is 0 Å².